The summed E-state index contributed by atoms with van der Waals surface area (Å²) < 4.78 is 137. The summed E-state index contributed by atoms with van der Waals surface area (Å²) in [4.78, 5) is 12.8. The van der Waals surface area contributed by atoms with Gasteiger partial charge in [-0.2, -0.15) is 46.6 Å². The van der Waals surface area contributed by atoms with Crippen molar-refractivity contribution in [2.24, 2.45) is 5.90 Å². The second-order valence-electron chi connectivity index (χ2n) is 5.11. The van der Waals surface area contributed by atoms with Gasteiger partial charge in [0.05, 0.1) is 5.56 Å². The molecule has 2 aromatic rings. The lowest BCUT2D eigenvalue weighted by Crippen LogP contribution is -2.22. The molecular weight excluding hydrogens is 450 g/mol. The molecule has 1 heterocycles. The van der Waals surface area contributed by atoms with Gasteiger partial charge in [-0.15, -0.1) is 4.98 Å². The van der Waals surface area contributed by atoms with Crippen LogP contribution >= 0.6 is 0 Å². The first kappa shape index (κ1) is 23.2. The molecule has 166 valence electrons. The van der Waals surface area contributed by atoms with Crippen LogP contribution in [0.3, 0.4) is 0 Å². The number of hydrogen-bond donors (Lipinski definition) is 1. The number of benzene rings is 1. The molecule has 0 aliphatic rings. The van der Waals surface area contributed by atoms with Crippen molar-refractivity contribution in [2.75, 3.05) is 13.2 Å². The van der Waals surface area contributed by atoms with Gasteiger partial charge in [-0.05, 0) is 0 Å². The van der Waals surface area contributed by atoms with E-state index < -0.39 is 78.0 Å². The fourth-order valence-corrected chi connectivity index (χ4v) is 1.78. The first-order valence-corrected chi connectivity index (χ1v) is 7.11. The quantitative estimate of drug-likeness (QED) is 0.309. The van der Waals surface area contributed by atoms with Crippen molar-refractivity contribution in [1.82, 2.24) is 15.0 Å². The van der Waals surface area contributed by atoms with Crippen LogP contribution in [0.4, 0.5) is 43.9 Å². The van der Waals surface area contributed by atoms with E-state index in [0.717, 1.165) is 0 Å². The molecule has 0 amide bonds. The summed E-state index contributed by atoms with van der Waals surface area (Å²) in [6.07, 6.45) is -9.95. The summed E-state index contributed by atoms with van der Waals surface area (Å²) in [5, 5.41) is 0. The molecule has 0 aliphatic heterocycles. The summed E-state index contributed by atoms with van der Waals surface area (Å²) in [6, 6.07) is -2.79. The predicted molar refractivity (Wildman–Crippen MR) is 73.0 cm³/mol. The summed E-state index contributed by atoms with van der Waals surface area (Å²) in [5.74, 6) is -7.49. The molecule has 0 saturated carbocycles. The molecule has 2 rings (SSSR count). The standard InChI is InChI=1S/C13H6F10N4O3/c14-4-3(5(15)8(30-24)7(17)6(4)16)9-25-10(28-1-12(18,19)20)27-11(26-9)29-2-13(21,22)23/h1-2,24H2. The Kier molecular flexibility index (Phi) is 6.43. The molecule has 2 N–H and O–H groups in total. The maximum atomic E-state index is 14.3. The van der Waals surface area contributed by atoms with E-state index in [9.17, 15) is 43.9 Å². The lowest BCUT2D eigenvalue weighted by Gasteiger charge is -2.13. The van der Waals surface area contributed by atoms with E-state index in [2.05, 4.69) is 35.2 Å². The molecule has 0 fully saturated rings. The average molecular weight is 456 g/mol. The summed E-state index contributed by atoms with van der Waals surface area (Å²) in [7, 11) is 0. The van der Waals surface area contributed by atoms with Crippen molar-refractivity contribution < 1.29 is 58.2 Å². The minimum absolute atomic E-state index is 1.40. The van der Waals surface area contributed by atoms with E-state index in [1.165, 1.54) is 0 Å². The highest BCUT2D eigenvalue weighted by Gasteiger charge is 2.33. The number of hydrogen-bond acceptors (Lipinski definition) is 7. The molecule has 0 spiro atoms. The topological polar surface area (TPSA) is 92.4 Å². The number of rotatable bonds is 6. The number of ether oxygens (including phenoxy) is 2. The number of nitrogens with zero attached hydrogens (tertiary/aromatic N) is 3. The Balaban J connectivity index is 2.62. The molecule has 1 aromatic heterocycles. The highest BCUT2D eigenvalue weighted by molar-refractivity contribution is 5.61. The van der Waals surface area contributed by atoms with Crippen molar-refractivity contribution >= 4 is 0 Å². The van der Waals surface area contributed by atoms with E-state index >= 15 is 0 Å². The summed E-state index contributed by atoms with van der Waals surface area (Å²) in [5.41, 5.74) is -1.66. The van der Waals surface area contributed by atoms with Crippen LogP contribution in [0.2, 0.25) is 0 Å². The molecule has 30 heavy (non-hydrogen) atoms. The van der Waals surface area contributed by atoms with Gasteiger partial charge in [-0.3, -0.25) is 0 Å². The fourth-order valence-electron chi connectivity index (χ4n) is 1.78. The number of alkyl halides is 6. The number of halogens is 10. The third kappa shape index (κ3) is 5.49. The van der Waals surface area contributed by atoms with Gasteiger partial charge in [0, 0.05) is 0 Å². The van der Waals surface area contributed by atoms with Gasteiger partial charge in [0.25, 0.3) is 0 Å². The Morgan fingerprint density at radius 1 is 0.667 bits per heavy atom. The van der Waals surface area contributed by atoms with Gasteiger partial charge in [-0.25, -0.2) is 13.2 Å². The Labute approximate surface area is 158 Å². The lowest BCUT2D eigenvalue weighted by atomic mass is 10.1. The van der Waals surface area contributed by atoms with Crippen LogP contribution in [-0.4, -0.2) is 40.5 Å². The molecule has 0 aliphatic carbocycles. The largest absolute Gasteiger partial charge is 0.454 e. The number of nitrogens with two attached hydrogens (primary N) is 1. The van der Waals surface area contributed by atoms with Crippen molar-refractivity contribution in [3.8, 4) is 29.2 Å². The zero-order chi connectivity index (χ0) is 22.9. The Bertz CT molecular complexity index is 899. The molecule has 17 heteroatoms. The van der Waals surface area contributed by atoms with E-state index in [4.69, 9.17) is 0 Å². The van der Waals surface area contributed by atoms with Crippen LogP contribution in [0.1, 0.15) is 0 Å². The molecule has 0 unspecified atom stereocenters. The molecule has 7 nitrogen and oxygen atoms in total. The smallest absolute Gasteiger partial charge is 0.422 e. The molecule has 1 aromatic carbocycles. The van der Waals surface area contributed by atoms with E-state index in [1.807, 2.05) is 0 Å². The predicted octanol–water partition coefficient (Wildman–Crippen LogP) is 3.23. The highest BCUT2D eigenvalue weighted by atomic mass is 19.4. The summed E-state index contributed by atoms with van der Waals surface area (Å²) >= 11 is 0. The van der Waals surface area contributed by atoms with E-state index in [1.54, 1.807) is 0 Å². The first-order chi connectivity index (χ1) is 13.7. The monoisotopic (exact) mass is 456 g/mol. The van der Waals surface area contributed by atoms with Gasteiger partial charge in [-0.1, -0.05) is 0 Å². The molecule has 0 saturated heterocycles. The summed E-state index contributed by atoms with van der Waals surface area (Å²) in [6.45, 7) is -4.15. The SMILES string of the molecule is NOc1c(F)c(F)c(F)c(-c2nc(OCC(F)(F)F)nc(OCC(F)(F)F)n2)c1F. The zero-order valence-electron chi connectivity index (χ0n) is 13.8. The van der Waals surface area contributed by atoms with E-state index in [0.29, 0.717) is 0 Å². The third-order valence-corrected chi connectivity index (χ3v) is 2.89. The lowest BCUT2D eigenvalue weighted by molar-refractivity contribution is -0.156. The van der Waals surface area contributed by atoms with Crippen molar-refractivity contribution in [3.05, 3.63) is 23.3 Å². The highest BCUT2D eigenvalue weighted by Crippen LogP contribution is 2.35. The molecular formula is C13H6F10N4O3. The Hall–Kier alpha value is -3.11. The van der Waals surface area contributed by atoms with Crippen LogP contribution in [0, 0.1) is 23.3 Å². The van der Waals surface area contributed by atoms with Gasteiger partial charge >= 0.3 is 24.4 Å². The van der Waals surface area contributed by atoms with Crippen molar-refractivity contribution in [3.63, 3.8) is 0 Å². The first-order valence-electron chi connectivity index (χ1n) is 7.11. The second-order valence-corrected chi connectivity index (χ2v) is 5.11. The molecule has 0 radical (unpaired) electrons. The van der Waals surface area contributed by atoms with Gasteiger partial charge in [0.15, 0.2) is 36.5 Å². The maximum Gasteiger partial charge on any atom is 0.422 e. The van der Waals surface area contributed by atoms with Gasteiger partial charge < -0.3 is 14.3 Å². The third-order valence-electron chi connectivity index (χ3n) is 2.89. The normalized spacial score (nSPS) is 12.1. The van der Waals surface area contributed by atoms with Crippen LogP contribution in [0.5, 0.6) is 17.8 Å². The maximum absolute atomic E-state index is 14.3. The molecule has 0 bridgehead atoms. The average Bonchev–Trinajstić information content (AvgIpc) is 2.62. The zero-order valence-corrected chi connectivity index (χ0v) is 13.8. The van der Waals surface area contributed by atoms with Crippen LogP contribution < -0.4 is 20.2 Å². The van der Waals surface area contributed by atoms with Crippen molar-refractivity contribution in [1.29, 1.82) is 0 Å². The second kappa shape index (κ2) is 8.33. The van der Waals surface area contributed by atoms with Gasteiger partial charge in [0.1, 0.15) is 0 Å². The van der Waals surface area contributed by atoms with Crippen LogP contribution in [0.15, 0.2) is 0 Å². The van der Waals surface area contributed by atoms with E-state index in [-0.39, 0.29) is 0 Å². The fraction of sp³-hybridized carbons (Fsp3) is 0.308. The minimum Gasteiger partial charge on any atom is -0.454 e. The Morgan fingerprint density at radius 2 is 1.13 bits per heavy atom. The van der Waals surface area contributed by atoms with Crippen LogP contribution in [-0.2, 0) is 0 Å². The number of aromatic nitrogens is 3. The van der Waals surface area contributed by atoms with Crippen LogP contribution in [0.25, 0.3) is 11.4 Å². The minimum atomic E-state index is -4.97. The van der Waals surface area contributed by atoms with Gasteiger partial charge in [0.2, 0.25) is 11.6 Å². The van der Waals surface area contributed by atoms with Crippen molar-refractivity contribution in [2.45, 2.75) is 12.4 Å². The Morgan fingerprint density at radius 3 is 1.53 bits per heavy atom. The molecule has 0 atom stereocenters.